The quantitative estimate of drug-likeness (QED) is 0.439. The summed E-state index contributed by atoms with van der Waals surface area (Å²) in [6.45, 7) is -1.31. The Morgan fingerprint density at radius 3 is 2.60 bits per heavy atom. The lowest BCUT2D eigenvalue weighted by molar-refractivity contribution is -0.115. The minimum atomic E-state index is -4.45. The van der Waals surface area contributed by atoms with Crippen molar-refractivity contribution in [3.05, 3.63) is 88.8 Å². The van der Waals surface area contributed by atoms with Crippen LogP contribution < -0.4 is 20.8 Å². The van der Waals surface area contributed by atoms with E-state index in [4.69, 9.17) is 0 Å². The molecule has 1 aliphatic heterocycles. The van der Waals surface area contributed by atoms with E-state index in [1.54, 1.807) is 41.6 Å². The van der Waals surface area contributed by atoms with Crippen LogP contribution in [0, 0.1) is 0 Å². The molecule has 0 radical (unpaired) electrons. The van der Waals surface area contributed by atoms with Gasteiger partial charge in [0.2, 0.25) is 5.95 Å². The number of hydrogen-bond donors (Lipinski definition) is 2. The van der Waals surface area contributed by atoms with Gasteiger partial charge in [0.1, 0.15) is 18.0 Å². The maximum absolute atomic E-state index is 12.7. The fourth-order valence-electron chi connectivity index (χ4n) is 3.80. The zero-order valence-corrected chi connectivity index (χ0v) is 17.9. The predicted molar refractivity (Wildman–Crippen MR) is 124 cm³/mol. The molecular formula is C25H16F3N5O2. The number of rotatable bonds is 4. The molecule has 0 fully saturated rings. The highest BCUT2D eigenvalue weighted by Gasteiger charge is 2.28. The third-order valence-corrected chi connectivity index (χ3v) is 5.36. The van der Waals surface area contributed by atoms with Crippen LogP contribution >= 0.6 is 0 Å². The second kappa shape index (κ2) is 8.58. The van der Waals surface area contributed by atoms with Crippen LogP contribution in [-0.4, -0.2) is 38.7 Å². The Morgan fingerprint density at radius 2 is 1.86 bits per heavy atom. The third kappa shape index (κ3) is 4.42. The van der Waals surface area contributed by atoms with Crippen molar-refractivity contribution in [2.45, 2.75) is 6.18 Å². The standard InChI is InChI=1S/C25H16F3N5O2/c26-25(27,28)14-31-24-30-11-17-12-33(18-5-8-20-16(10-18)2-1-9-29-20)21(13-34)22(23(17)32-24)15-3-6-19(35)7-4-15/h1-12,35H,14H2,(H,31,32). The molecule has 0 amide bonds. The number of aromatic nitrogens is 3. The van der Waals surface area contributed by atoms with Gasteiger partial charge >= 0.3 is 6.18 Å². The highest BCUT2D eigenvalue weighted by molar-refractivity contribution is 5.96. The summed E-state index contributed by atoms with van der Waals surface area (Å²) in [7, 11) is 0. The first kappa shape index (κ1) is 22.1. The van der Waals surface area contributed by atoms with E-state index in [-0.39, 0.29) is 22.7 Å². The summed E-state index contributed by atoms with van der Waals surface area (Å²) in [6.07, 6.45) is 0.244. The Hall–Kier alpha value is -4.69. The van der Waals surface area contributed by atoms with Crippen molar-refractivity contribution in [1.82, 2.24) is 15.0 Å². The van der Waals surface area contributed by atoms with E-state index in [1.165, 1.54) is 18.3 Å². The van der Waals surface area contributed by atoms with Crippen molar-refractivity contribution in [2.24, 2.45) is 0 Å². The Balaban J connectivity index is 1.72. The number of allylic oxidation sites excluding steroid dienone is 1. The second-order valence-corrected chi connectivity index (χ2v) is 7.72. The average molecular weight is 475 g/mol. The zero-order valence-electron chi connectivity index (χ0n) is 17.9. The molecule has 4 aromatic rings. The van der Waals surface area contributed by atoms with Crippen molar-refractivity contribution >= 4 is 40.3 Å². The monoisotopic (exact) mass is 475 g/mol. The maximum Gasteiger partial charge on any atom is 0.405 e. The Kier molecular flexibility index (Phi) is 5.43. The van der Waals surface area contributed by atoms with Gasteiger partial charge in [0.05, 0.1) is 10.9 Å². The summed E-state index contributed by atoms with van der Waals surface area (Å²) >= 11 is 0. The number of phenols is 1. The summed E-state index contributed by atoms with van der Waals surface area (Å²) < 4.78 is 38.1. The van der Waals surface area contributed by atoms with Crippen molar-refractivity contribution in [1.29, 1.82) is 0 Å². The molecule has 0 saturated heterocycles. The minimum absolute atomic E-state index is 0.0164. The van der Waals surface area contributed by atoms with Gasteiger partial charge in [-0.25, -0.2) is 14.8 Å². The van der Waals surface area contributed by atoms with Crippen LogP contribution in [0.25, 0.3) is 22.7 Å². The molecule has 0 spiro atoms. The number of benzene rings is 2. The van der Waals surface area contributed by atoms with E-state index in [0.29, 0.717) is 22.0 Å². The lowest BCUT2D eigenvalue weighted by Gasteiger charge is -2.26. The summed E-state index contributed by atoms with van der Waals surface area (Å²) in [5, 5.41) is 13.5. The molecule has 2 aromatic heterocycles. The number of phenolic OH excluding ortho intramolecular Hbond substituents is 1. The summed E-state index contributed by atoms with van der Waals surface area (Å²) in [5.74, 6) is 1.75. The Bertz CT molecular complexity index is 1610. The van der Waals surface area contributed by atoms with Gasteiger partial charge in [-0.1, -0.05) is 18.2 Å². The van der Waals surface area contributed by atoms with Crippen molar-refractivity contribution in [3.63, 3.8) is 0 Å². The normalized spacial score (nSPS) is 13.3. The molecule has 1 aliphatic rings. The number of halogens is 3. The summed E-state index contributed by atoms with van der Waals surface area (Å²) in [5.41, 5.74) is 2.37. The predicted octanol–water partition coefficient (Wildman–Crippen LogP) is 2.88. The molecule has 174 valence electrons. The van der Waals surface area contributed by atoms with Crippen LogP contribution in [0.3, 0.4) is 0 Å². The molecule has 0 unspecified atom stereocenters. The Morgan fingerprint density at radius 1 is 1.06 bits per heavy atom. The van der Waals surface area contributed by atoms with Gasteiger partial charge in [0.25, 0.3) is 0 Å². The SMILES string of the molecule is O=C=C1C(c2ccc(O)cc2)=c2nc(NCC(F)(F)F)ncc2=CN1c1ccc2ncccc2c1. The number of nitrogens with zero attached hydrogens (tertiary/aromatic N) is 4. The number of alkyl halides is 3. The largest absolute Gasteiger partial charge is 0.508 e. The average Bonchev–Trinajstić information content (AvgIpc) is 2.86. The molecule has 3 heterocycles. The van der Waals surface area contributed by atoms with Gasteiger partial charge in [-0.2, -0.15) is 13.2 Å². The molecule has 0 bridgehead atoms. The van der Waals surface area contributed by atoms with Crippen LogP contribution in [0.15, 0.2) is 72.7 Å². The van der Waals surface area contributed by atoms with Crippen LogP contribution in [0.2, 0.25) is 0 Å². The molecule has 2 aromatic carbocycles. The van der Waals surface area contributed by atoms with Gasteiger partial charge in [-0.15, -0.1) is 0 Å². The summed E-state index contributed by atoms with van der Waals surface area (Å²) in [4.78, 5) is 26.5. The van der Waals surface area contributed by atoms with Crippen molar-refractivity contribution < 1.29 is 23.1 Å². The lowest BCUT2D eigenvalue weighted by Crippen LogP contribution is -2.41. The molecule has 0 atom stereocenters. The molecule has 10 heteroatoms. The number of pyridine rings is 1. The van der Waals surface area contributed by atoms with E-state index in [1.807, 2.05) is 24.1 Å². The number of anilines is 2. The van der Waals surface area contributed by atoms with Crippen molar-refractivity contribution in [3.8, 4) is 5.75 Å². The topological polar surface area (TPSA) is 91.2 Å². The number of carbonyl (C=O) groups excluding carboxylic acids is 1. The summed E-state index contributed by atoms with van der Waals surface area (Å²) in [6, 6.07) is 15.2. The van der Waals surface area contributed by atoms with Crippen LogP contribution in [0.1, 0.15) is 5.56 Å². The van der Waals surface area contributed by atoms with Gasteiger partial charge < -0.3 is 15.3 Å². The molecule has 35 heavy (non-hydrogen) atoms. The molecule has 2 N–H and O–H groups in total. The zero-order chi connectivity index (χ0) is 24.6. The van der Waals surface area contributed by atoms with E-state index in [9.17, 15) is 23.1 Å². The fraction of sp³-hybridized carbons (Fsp3) is 0.0800. The van der Waals surface area contributed by atoms with Crippen LogP contribution in [-0.2, 0) is 4.79 Å². The van der Waals surface area contributed by atoms with Crippen LogP contribution in [0.5, 0.6) is 5.75 Å². The first-order valence-electron chi connectivity index (χ1n) is 10.4. The van der Waals surface area contributed by atoms with Crippen LogP contribution in [0.4, 0.5) is 24.8 Å². The molecule has 0 saturated carbocycles. The highest BCUT2D eigenvalue weighted by atomic mass is 19.4. The first-order valence-corrected chi connectivity index (χ1v) is 10.4. The lowest BCUT2D eigenvalue weighted by atomic mass is 9.98. The molecule has 0 aliphatic carbocycles. The number of nitrogens with one attached hydrogen (secondary N) is 1. The number of hydrogen-bond acceptors (Lipinski definition) is 7. The van der Waals surface area contributed by atoms with E-state index in [0.717, 1.165) is 10.9 Å². The van der Waals surface area contributed by atoms with Gasteiger partial charge in [0, 0.05) is 40.5 Å². The van der Waals surface area contributed by atoms with Gasteiger partial charge in [-0.05, 0) is 42.0 Å². The first-order chi connectivity index (χ1) is 16.8. The maximum atomic E-state index is 12.7. The second-order valence-electron chi connectivity index (χ2n) is 7.72. The molecule has 5 rings (SSSR count). The molecular weight excluding hydrogens is 459 g/mol. The number of aromatic hydroxyl groups is 1. The third-order valence-electron chi connectivity index (χ3n) is 5.36. The number of fused-ring (bicyclic) bond motifs is 2. The van der Waals surface area contributed by atoms with Gasteiger partial charge in [-0.3, -0.25) is 4.98 Å². The smallest absolute Gasteiger partial charge is 0.405 e. The van der Waals surface area contributed by atoms with E-state index >= 15 is 0 Å². The highest BCUT2D eigenvalue weighted by Crippen LogP contribution is 2.31. The Labute approximate surface area is 196 Å². The molecule has 7 nitrogen and oxygen atoms in total. The minimum Gasteiger partial charge on any atom is -0.508 e. The fourth-order valence-corrected chi connectivity index (χ4v) is 3.80. The van der Waals surface area contributed by atoms with E-state index < -0.39 is 12.7 Å². The van der Waals surface area contributed by atoms with Crippen molar-refractivity contribution in [2.75, 3.05) is 16.8 Å². The van der Waals surface area contributed by atoms with Gasteiger partial charge in [0.15, 0.2) is 5.94 Å². The van der Waals surface area contributed by atoms with E-state index in [2.05, 4.69) is 20.3 Å².